The summed E-state index contributed by atoms with van der Waals surface area (Å²) in [7, 11) is -6.63. The van der Waals surface area contributed by atoms with Crippen LogP contribution < -0.4 is 14.4 Å². The molecule has 0 aliphatic heterocycles. The van der Waals surface area contributed by atoms with E-state index in [1.54, 1.807) is 19.1 Å². The molecule has 3 aromatic carbocycles. The molecule has 0 bridgehead atoms. The molecule has 0 aliphatic rings. The summed E-state index contributed by atoms with van der Waals surface area (Å²) in [6.45, 7) is 2.57. The van der Waals surface area contributed by atoms with Gasteiger partial charge in [0.25, 0.3) is 15.7 Å². The molecule has 0 spiro atoms. The Morgan fingerprint density at radius 2 is 1.68 bits per heavy atom. The Morgan fingerprint density at radius 3 is 2.23 bits per heavy atom. The summed E-state index contributed by atoms with van der Waals surface area (Å²) in [5, 5.41) is 14.4. The molecular formula is C26H28ClN3O8S2. The normalized spacial score (nSPS) is 12.4. The molecule has 11 nitrogen and oxygen atoms in total. The number of methoxy groups -OCH3 is 1. The lowest BCUT2D eigenvalue weighted by molar-refractivity contribution is -0.385. The van der Waals surface area contributed by atoms with E-state index in [0.29, 0.717) is 12.0 Å². The zero-order chi connectivity index (χ0) is 29.8. The third-order valence-corrected chi connectivity index (χ3v) is 9.24. The molecular weight excluding hydrogens is 582 g/mol. The van der Waals surface area contributed by atoms with Crippen molar-refractivity contribution < 1.29 is 31.3 Å². The predicted octanol–water partition coefficient (Wildman–Crippen LogP) is 4.43. The number of nitro groups is 1. The average Bonchev–Trinajstić information content (AvgIpc) is 2.89. The number of hydrogen-bond acceptors (Lipinski definition) is 8. The van der Waals surface area contributed by atoms with Crippen LogP contribution in [0.4, 0.5) is 11.4 Å². The van der Waals surface area contributed by atoms with Gasteiger partial charge in [0.15, 0.2) is 9.84 Å². The second-order valence-corrected chi connectivity index (χ2v) is 13.2. The summed E-state index contributed by atoms with van der Waals surface area (Å²) < 4.78 is 57.4. The maximum absolute atomic E-state index is 13.9. The molecule has 0 aromatic heterocycles. The number of sulfonamides is 1. The van der Waals surface area contributed by atoms with Crippen LogP contribution in [0.3, 0.4) is 0 Å². The van der Waals surface area contributed by atoms with E-state index < -0.39 is 53.9 Å². The van der Waals surface area contributed by atoms with Crippen LogP contribution in [0.2, 0.25) is 5.02 Å². The van der Waals surface area contributed by atoms with Gasteiger partial charge in [0.05, 0.1) is 33.6 Å². The number of sulfone groups is 1. The minimum atomic E-state index is -4.54. The highest BCUT2D eigenvalue weighted by atomic mass is 35.5. The SMILES string of the molecule is CCC(NC(=O)CN(c1cc(Cl)ccc1OC)S(=O)(=O)c1ccc(C)c([N+](=O)[O-])c1)c1ccc(S(C)(=O)=O)cc1. The summed E-state index contributed by atoms with van der Waals surface area (Å²) in [5.41, 5.74) is 0.444. The number of carbonyl (C=O) groups excluding carboxylic acids is 1. The number of benzene rings is 3. The largest absolute Gasteiger partial charge is 0.495 e. The van der Waals surface area contributed by atoms with Crippen molar-refractivity contribution in [2.24, 2.45) is 0 Å². The summed E-state index contributed by atoms with van der Waals surface area (Å²) in [6, 6.07) is 13.1. The molecule has 1 amide bonds. The van der Waals surface area contributed by atoms with E-state index in [0.717, 1.165) is 16.6 Å². The second kappa shape index (κ2) is 12.2. The summed E-state index contributed by atoms with van der Waals surface area (Å²) in [4.78, 5) is 23.8. The van der Waals surface area contributed by atoms with E-state index in [2.05, 4.69) is 5.32 Å². The van der Waals surface area contributed by atoms with E-state index in [9.17, 15) is 31.7 Å². The van der Waals surface area contributed by atoms with Gasteiger partial charge in [0.2, 0.25) is 5.91 Å². The molecule has 0 fully saturated rings. The summed E-state index contributed by atoms with van der Waals surface area (Å²) in [6.07, 6.45) is 1.50. The van der Waals surface area contributed by atoms with Crippen molar-refractivity contribution in [2.75, 3.05) is 24.2 Å². The first kappa shape index (κ1) is 30.9. The van der Waals surface area contributed by atoms with Gasteiger partial charge >= 0.3 is 0 Å². The highest BCUT2D eigenvalue weighted by Gasteiger charge is 2.32. The van der Waals surface area contributed by atoms with Crippen LogP contribution in [0.5, 0.6) is 5.75 Å². The number of carbonyl (C=O) groups is 1. The molecule has 40 heavy (non-hydrogen) atoms. The van der Waals surface area contributed by atoms with Gasteiger partial charge in [0.1, 0.15) is 12.3 Å². The number of nitrogens with zero attached hydrogens (tertiary/aromatic N) is 2. The number of rotatable bonds is 11. The first-order valence-electron chi connectivity index (χ1n) is 11.9. The van der Waals surface area contributed by atoms with Gasteiger partial charge in [-0.3, -0.25) is 19.2 Å². The Morgan fingerprint density at radius 1 is 1.05 bits per heavy atom. The van der Waals surface area contributed by atoms with Gasteiger partial charge in [-0.1, -0.05) is 36.7 Å². The maximum Gasteiger partial charge on any atom is 0.273 e. The van der Waals surface area contributed by atoms with Crippen LogP contribution in [0.25, 0.3) is 0 Å². The van der Waals surface area contributed by atoms with E-state index in [1.807, 2.05) is 0 Å². The van der Waals surface area contributed by atoms with Crippen LogP contribution in [-0.4, -0.2) is 47.6 Å². The minimum absolute atomic E-state index is 0.0427. The Kier molecular flexibility index (Phi) is 9.44. The molecule has 0 heterocycles. The first-order valence-corrected chi connectivity index (χ1v) is 15.6. The number of halogens is 1. The number of anilines is 1. The molecule has 1 atom stereocenters. The third-order valence-electron chi connectivity index (χ3n) is 6.12. The highest BCUT2D eigenvalue weighted by Crippen LogP contribution is 2.36. The Labute approximate surface area is 237 Å². The Hall–Kier alpha value is -3.68. The second-order valence-electron chi connectivity index (χ2n) is 8.90. The van der Waals surface area contributed by atoms with Gasteiger partial charge in [-0.2, -0.15) is 0 Å². The standard InChI is InChI=1S/C26H28ClN3O8S2/c1-5-22(18-7-11-20(12-8-18)39(4,34)35)28-26(31)16-29(24-14-19(27)9-13-25(24)38-3)40(36,37)21-10-6-17(2)23(15-21)30(32)33/h6-15,22H,5,16H2,1-4H3,(H,28,31). The monoisotopic (exact) mass is 609 g/mol. The topological polar surface area (TPSA) is 153 Å². The highest BCUT2D eigenvalue weighted by molar-refractivity contribution is 7.93. The van der Waals surface area contributed by atoms with Crippen molar-refractivity contribution in [3.05, 3.63) is 86.9 Å². The van der Waals surface area contributed by atoms with Gasteiger partial charge in [-0.05, 0) is 55.3 Å². The lowest BCUT2D eigenvalue weighted by Gasteiger charge is -2.27. The van der Waals surface area contributed by atoms with E-state index in [-0.39, 0.29) is 26.9 Å². The zero-order valence-electron chi connectivity index (χ0n) is 22.1. The first-order chi connectivity index (χ1) is 18.7. The fourth-order valence-corrected chi connectivity index (χ4v) is 6.21. The van der Waals surface area contributed by atoms with Crippen LogP contribution in [-0.2, 0) is 24.7 Å². The zero-order valence-corrected chi connectivity index (χ0v) is 24.5. The van der Waals surface area contributed by atoms with Crippen molar-refractivity contribution >= 4 is 48.7 Å². The third kappa shape index (κ3) is 6.90. The van der Waals surface area contributed by atoms with Crippen molar-refractivity contribution in [2.45, 2.75) is 36.1 Å². The van der Waals surface area contributed by atoms with Crippen LogP contribution in [0, 0.1) is 17.0 Å². The molecule has 214 valence electrons. The summed E-state index contributed by atoms with van der Waals surface area (Å²) >= 11 is 6.16. The average molecular weight is 610 g/mol. The van der Waals surface area contributed by atoms with E-state index in [4.69, 9.17) is 16.3 Å². The lowest BCUT2D eigenvalue weighted by Crippen LogP contribution is -2.42. The number of amides is 1. The molecule has 1 unspecified atom stereocenters. The van der Waals surface area contributed by atoms with Crippen molar-refractivity contribution in [3.63, 3.8) is 0 Å². The lowest BCUT2D eigenvalue weighted by atomic mass is 10.0. The molecule has 0 saturated heterocycles. The van der Waals surface area contributed by atoms with E-state index >= 15 is 0 Å². The molecule has 1 N–H and O–H groups in total. The van der Waals surface area contributed by atoms with Crippen molar-refractivity contribution in [1.29, 1.82) is 0 Å². The molecule has 14 heteroatoms. The van der Waals surface area contributed by atoms with Gasteiger partial charge in [-0.15, -0.1) is 0 Å². The molecule has 3 aromatic rings. The fraction of sp³-hybridized carbons (Fsp3) is 0.269. The number of aryl methyl sites for hydroxylation is 1. The van der Waals surface area contributed by atoms with Gasteiger partial charge < -0.3 is 10.1 Å². The van der Waals surface area contributed by atoms with Crippen LogP contribution >= 0.6 is 11.6 Å². The fourth-order valence-electron chi connectivity index (χ4n) is 3.97. The van der Waals surface area contributed by atoms with E-state index in [1.165, 1.54) is 56.5 Å². The maximum atomic E-state index is 13.9. The predicted molar refractivity (Wildman–Crippen MR) is 151 cm³/mol. The van der Waals surface area contributed by atoms with Crippen molar-refractivity contribution in [3.8, 4) is 5.75 Å². The molecule has 0 saturated carbocycles. The smallest absolute Gasteiger partial charge is 0.273 e. The molecule has 0 radical (unpaired) electrons. The van der Waals surface area contributed by atoms with Crippen LogP contribution in [0.1, 0.15) is 30.5 Å². The van der Waals surface area contributed by atoms with Crippen LogP contribution in [0.15, 0.2) is 70.5 Å². The number of nitro benzene ring substituents is 1. The van der Waals surface area contributed by atoms with Gasteiger partial charge in [-0.25, -0.2) is 16.8 Å². The van der Waals surface area contributed by atoms with Gasteiger partial charge in [0, 0.05) is 22.9 Å². The van der Waals surface area contributed by atoms with Crippen molar-refractivity contribution in [1.82, 2.24) is 5.32 Å². The quantitative estimate of drug-likeness (QED) is 0.247. The Bertz CT molecular complexity index is 1640. The number of hydrogen-bond donors (Lipinski definition) is 1. The number of nitrogens with one attached hydrogen (secondary N) is 1. The Balaban J connectivity index is 2.03. The minimum Gasteiger partial charge on any atom is -0.495 e. The number of ether oxygens (including phenoxy) is 1. The molecule has 0 aliphatic carbocycles. The summed E-state index contributed by atoms with van der Waals surface area (Å²) in [5.74, 6) is -0.586. The molecule has 3 rings (SSSR count).